The number of pyridine rings is 1. The Morgan fingerprint density at radius 2 is 1.64 bits per heavy atom. The lowest BCUT2D eigenvalue weighted by Crippen LogP contribution is -2.34. The Morgan fingerprint density at radius 3 is 2.36 bits per heavy atom. The van der Waals surface area contributed by atoms with Gasteiger partial charge in [0.25, 0.3) is 0 Å². The minimum absolute atomic E-state index is 0.331. The van der Waals surface area contributed by atoms with Gasteiger partial charge in [-0.2, -0.15) is 0 Å². The van der Waals surface area contributed by atoms with E-state index in [4.69, 9.17) is 12.2 Å². The number of aromatic nitrogens is 1. The van der Waals surface area contributed by atoms with E-state index in [1.807, 2.05) is 53.4 Å². The summed E-state index contributed by atoms with van der Waals surface area (Å²) in [6, 6.07) is 22.3. The Balaban J connectivity index is 1.79. The molecule has 5 heteroatoms. The number of rotatable bonds is 5. The fraction of sp³-hybridized carbons (Fsp3) is 0.100. The van der Waals surface area contributed by atoms with Crippen molar-refractivity contribution < 1.29 is 4.39 Å². The molecule has 1 heterocycles. The number of halogens is 1. The lowest BCUT2D eigenvalue weighted by atomic mass is 10.2. The van der Waals surface area contributed by atoms with Crippen LogP contribution in [0.25, 0.3) is 0 Å². The molecular weight excluding hydrogens is 333 g/mol. The molecule has 0 aliphatic rings. The summed E-state index contributed by atoms with van der Waals surface area (Å²) in [7, 11) is 0. The van der Waals surface area contributed by atoms with E-state index in [0.717, 1.165) is 11.3 Å². The van der Waals surface area contributed by atoms with Crippen molar-refractivity contribution in [3.8, 4) is 0 Å². The van der Waals surface area contributed by atoms with Crippen molar-refractivity contribution in [3.05, 3.63) is 96.1 Å². The summed E-state index contributed by atoms with van der Waals surface area (Å²) in [5.41, 5.74) is 2.39. The second-order valence-corrected chi connectivity index (χ2v) is 5.96. The van der Waals surface area contributed by atoms with Gasteiger partial charge in [0.2, 0.25) is 0 Å². The predicted molar refractivity (Wildman–Crippen MR) is 103 cm³/mol. The van der Waals surface area contributed by atoms with Crippen LogP contribution in [-0.2, 0) is 13.1 Å². The molecule has 3 aromatic rings. The molecule has 25 heavy (non-hydrogen) atoms. The number of para-hydroxylation sites is 1. The van der Waals surface area contributed by atoms with Gasteiger partial charge in [-0.1, -0.05) is 48.5 Å². The van der Waals surface area contributed by atoms with E-state index in [2.05, 4.69) is 10.3 Å². The molecule has 2 aromatic carbocycles. The maximum Gasteiger partial charge on any atom is 0.174 e. The topological polar surface area (TPSA) is 28.2 Å². The van der Waals surface area contributed by atoms with Crippen LogP contribution >= 0.6 is 12.2 Å². The minimum atomic E-state index is -0.331. The molecule has 0 atom stereocenters. The highest BCUT2D eigenvalue weighted by molar-refractivity contribution is 7.80. The molecule has 0 saturated heterocycles. The molecule has 3 rings (SSSR count). The van der Waals surface area contributed by atoms with E-state index in [1.54, 1.807) is 24.4 Å². The van der Waals surface area contributed by atoms with Crippen LogP contribution in [-0.4, -0.2) is 15.0 Å². The van der Waals surface area contributed by atoms with Crippen molar-refractivity contribution in [2.45, 2.75) is 13.1 Å². The van der Waals surface area contributed by atoms with Crippen molar-refractivity contribution in [1.82, 2.24) is 9.88 Å². The molecule has 126 valence electrons. The van der Waals surface area contributed by atoms with Gasteiger partial charge < -0.3 is 10.2 Å². The van der Waals surface area contributed by atoms with Crippen LogP contribution in [0.1, 0.15) is 11.3 Å². The van der Waals surface area contributed by atoms with E-state index >= 15 is 0 Å². The zero-order valence-electron chi connectivity index (χ0n) is 13.6. The molecule has 1 aromatic heterocycles. The molecule has 0 amide bonds. The molecule has 0 unspecified atom stereocenters. The van der Waals surface area contributed by atoms with Crippen LogP contribution in [0.5, 0.6) is 0 Å². The van der Waals surface area contributed by atoms with E-state index in [-0.39, 0.29) is 5.82 Å². The molecule has 3 nitrogen and oxygen atoms in total. The minimum Gasteiger partial charge on any atom is -0.339 e. The maximum absolute atomic E-state index is 13.9. The normalized spacial score (nSPS) is 10.3. The summed E-state index contributed by atoms with van der Waals surface area (Å²) in [5, 5.41) is 3.46. The van der Waals surface area contributed by atoms with E-state index < -0.39 is 0 Å². The zero-order chi connectivity index (χ0) is 17.5. The average molecular weight is 351 g/mol. The summed E-state index contributed by atoms with van der Waals surface area (Å²) in [6.45, 7) is 1.15. The molecule has 0 aliphatic heterocycles. The first-order valence-electron chi connectivity index (χ1n) is 7.96. The van der Waals surface area contributed by atoms with Crippen LogP contribution in [0.4, 0.5) is 10.1 Å². The second-order valence-electron chi connectivity index (χ2n) is 5.57. The van der Waals surface area contributed by atoms with Gasteiger partial charge in [-0.25, -0.2) is 4.39 Å². The smallest absolute Gasteiger partial charge is 0.174 e. The van der Waals surface area contributed by atoms with E-state index in [1.165, 1.54) is 6.07 Å². The monoisotopic (exact) mass is 351 g/mol. The van der Waals surface area contributed by atoms with Gasteiger partial charge in [-0.15, -0.1) is 0 Å². The number of nitrogens with one attached hydrogen (secondary N) is 1. The largest absolute Gasteiger partial charge is 0.339 e. The van der Waals surface area contributed by atoms with Crippen molar-refractivity contribution in [3.63, 3.8) is 0 Å². The SMILES string of the molecule is Fc1ccccc1NC(=S)N(Cc1ccccc1)Cc1ccccn1. The first kappa shape index (κ1) is 17.0. The summed E-state index contributed by atoms with van der Waals surface area (Å²) >= 11 is 5.54. The Kier molecular flexibility index (Phi) is 5.69. The predicted octanol–water partition coefficient (Wildman–Crippen LogP) is 4.62. The zero-order valence-corrected chi connectivity index (χ0v) is 14.4. The van der Waals surface area contributed by atoms with E-state index in [0.29, 0.717) is 23.9 Å². The molecule has 1 N–H and O–H groups in total. The number of nitrogens with zero attached hydrogens (tertiary/aromatic N) is 2. The second kappa shape index (κ2) is 8.35. The van der Waals surface area contributed by atoms with Crippen LogP contribution in [0.3, 0.4) is 0 Å². The van der Waals surface area contributed by atoms with Gasteiger partial charge in [0.15, 0.2) is 5.11 Å². The van der Waals surface area contributed by atoms with Gasteiger partial charge in [0.1, 0.15) is 5.82 Å². The molecule has 0 spiro atoms. The highest BCUT2D eigenvalue weighted by atomic mass is 32.1. The van der Waals surface area contributed by atoms with Gasteiger partial charge in [-0.05, 0) is 42.0 Å². The molecule has 0 bridgehead atoms. The number of hydrogen-bond donors (Lipinski definition) is 1. The molecular formula is C20H18FN3S. The summed E-state index contributed by atoms with van der Waals surface area (Å²) < 4.78 is 13.9. The molecule has 0 aliphatic carbocycles. The highest BCUT2D eigenvalue weighted by Crippen LogP contribution is 2.16. The van der Waals surface area contributed by atoms with Crippen LogP contribution in [0, 0.1) is 5.82 Å². The molecule has 0 radical (unpaired) electrons. The number of thiocarbonyl (C=S) groups is 1. The van der Waals surface area contributed by atoms with Crippen LogP contribution in [0.2, 0.25) is 0 Å². The first-order chi connectivity index (χ1) is 12.2. The van der Waals surface area contributed by atoms with E-state index in [9.17, 15) is 4.39 Å². The quantitative estimate of drug-likeness (QED) is 0.679. The Bertz CT molecular complexity index is 783. The summed E-state index contributed by atoms with van der Waals surface area (Å²) in [6.07, 6.45) is 1.75. The Hall–Kier alpha value is -2.79. The Labute approximate surface area is 152 Å². The molecule has 0 saturated carbocycles. The Morgan fingerprint density at radius 1 is 0.920 bits per heavy atom. The van der Waals surface area contributed by atoms with Crippen molar-refractivity contribution >= 4 is 23.0 Å². The van der Waals surface area contributed by atoms with Crippen LogP contribution < -0.4 is 5.32 Å². The number of hydrogen-bond acceptors (Lipinski definition) is 2. The van der Waals surface area contributed by atoms with Gasteiger partial charge in [0, 0.05) is 12.7 Å². The number of benzene rings is 2. The standard InChI is InChI=1S/C20H18FN3S/c21-18-11-4-5-12-19(18)23-20(25)24(14-16-8-2-1-3-9-16)15-17-10-6-7-13-22-17/h1-13H,14-15H2,(H,23,25). The van der Waals surface area contributed by atoms with Crippen LogP contribution in [0.15, 0.2) is 79.0 Å². The summed E-state index contributed by atoms with van der Waals surface area (Å²) in [5.74, 6) is -0.331. The fourth-order valence-corrected chi connectivity index (χ4v) is 2.69. The third-order valence-electron chi connectivity index (χ3n) is 3.70. The lowest BCUT2D eigenvalue weighted by Gasteiger charge is -2.26. The lowest BCUT2D eigenvalue weighted by molar-refractivity contribution is 0.407. The molecule has 0 fully saturated rings. The van der Waals surface area contributed by atoms with Crippen molar-refractivity contribution in [2.24, 2.45) is 0 Å². The van der Waals surface area contributed by atoms with Gasteiger partial charge >= 0.3 is 0 Å². The number of anilines is 1. The average Bonchev–Trinajstić information content (AvgIpc) is 2.65. The fourth-order valence-electron chi connectivity index (χ4n) is 2.45. The van der Waals surface area contributed by atoms with Crippen molar-refractivity contribution in [1.29, 1.82) is 0 Å². The first-order valence-corrected chi connectivity index (χ1v) is 8.37. The van der Waals surface area contributed by atoms with Gasteiger partial charge in [-0.3, -0.25) is 4.98 Å². The highest BCUT2D eigenvalue weighted by Gasteiger charge is 2.13. The third-order valence-corrected chi connectivity index (χ3v) is 4.06. The van der Waals surface area contributed by atoms with Crippen molar-refractivity contribution in [2.75, 3.05) is 5.32 Å². The summed E-state index contributed by atoms with van der Waals surface area (Å²) in [4.78, 5) is 6.34. The third kappa shape index (κ3) is 4.84. The maximum atomic E-state index is 13.9. The van der Waals surface area contributed by atoms with Gasteiger partial charge in [0.05, 0.1) is 17.9 Å².